The molecule has 0 bridgehead atoms. The first-order valence-electron chi connectivity index (χ1n) is 9.62. The Hall–Kier alpha value is -2.75. The Morgan fingerprint density at radius 3 is 2.74 bits per heavy atom. The molecule has 1 aromatic heterocycles. The molecule has 7 nitrogen and oxygen atoms in total. The molecule has 0 aliphatic carbocycles. The predicted molar refractivity (Wildman–Crippen MR) is 110 cm³/mol. The Labute approximate surface area is 181 Å². The first-order valence-corrected chi connectivity index (χ1v) is 10.00. The highest BCUT2D eigenvalue weighted by Gasteiger charge is 2.49. The van der Waals surface area contributed by atoms with Gasteiger partial charge in [-0.15, -0.1) is 0 Å². The van der Waals surface area contributed by atoms with Crippen LogP contribution in [0.4, 0.5) is 20.3 Å². The lowest BCUT2D eigenvalue weighted by Gasteiger charge is -2.20. The fourth-order valence-electron chi connectivity index (χ4n) is 3.82. The van der Waals surface area contributed by atoms with E-state index in [0.717, 1.165) is 0 Å². The highest BCUT2D eigenvalue weighted by Crippen LogP contribution is 2.38. The van der Waals surface area contributed by atoms with Crippen LogP contribution in [0.25, 0.3) is 10.9 Å². The number of aromatic nitrogens is 2. The van der Waals surface area contributed by atoms with Gasteiger partial charge in [-0.1, -0.05) is 11.6 Å². The number of hydrogen-bond acceptors (Lipinski definition) is 7. The molecule has 5 rings (SSSR count). The van der Waals surface area contributed by atoms with E-state index in [1.807, 2.05) is 0 Å². The van der Waals surface area contributed by atoms with Gasteiger partial charge in [-0.05, 0) is 24.3 Å². The second kappa shape index (κ2) is 8.07. The number of alkyl halides is 1. The van der Waals surface area contributed by atoms with Crippen LogP contribution in [-0.2, 0) is 9.47 Å². The molecule has 2 fully saturated rings. The highest BCUT2D eigenvalue weighted by atomic mass is 35.5. The lowest BCUT2D eigenvalue weighted by atomic mass is 10.1. The van der Waals surface area contributed by atoms with Crippen LogP contribution in [-0.4, -0.2) is 54.8 Å². The zero-order valence-corrected chi connectivity index (χ0v) is 17.1. The summed E-state index contributed by atoms with van der Waals surface area (Å²) < 4.78 is 50.6. The summed E-state index contributed by atoms with van der Waals surface area (Å²) in [4.78, 5) is 8.51. The topological polar surface area (TPSA) is 74.7 Å². The molecular formula is C21H18ClF2N3O4. The van der Waals surface area contributed by atoms with Gasteiger partial charge in [-0.2, -0.15) is 0 Å². The molecule has 0 amide bonds. The Kier molecular flexibility index (Phi) is 5.25. The normalized spacial score (nSPS) is 24.9. The van der Waals surface area contributed by atoms with E-state index < -0.39 is 30.3 Å². The number of benzene rings is 2. The third-order valence-corrected chi connectivity index (χ3v) is 5.57. The van der Waals surface area contributed by atoms with Crippen molar-refractivity contribution in [3.63, 3.8) is 0 Å². The van der Waals surface area contributed by atoms with Gasteiger partial charge in [0.25, 0.3) is 0 Å². The molecule has 162 valence electrons. The van der Waals surface area contributed by atoms with Gasteiger partial charge in [-0.3, -0.25) is 0 Å². The molecule has 0 spiro atoms. The molecule has 0 radical (unpaired) electrons. The standard InChI is InChI=1S/C21H18ClF2N3O4/c1-28-16-5-11-15(6-17(16)31-18-8-30-19-13(24)7-29-20(18)19)25-9-26-21(11)27-14-3-2-10(22)4-12(14)23/h2-6,9,13,18-20H,7-8H2,1H3,(H,25,26,27)/t13-,18?,19+,20+/m1/s1. The molecular weight excluding hydrogens is 432 g/mol. The molecule has 3 aromatic rings. The van der Waals surface area contributed by atoms with Crippen molar-refractivity contribution in [1.29, 1.82) is 0 Å². The van der Waals surface area contributed by atoms with E-state index in [1.54, 1.807) is 18.2 Å². The first kappa shape index (κ1) is 20.2. The fourth-order valence-corrected chi connectivity index (χ4v) is 3.97. The monoisotopic (exact) mass is 449 g/mol. The van der Waals surface area contributed by atoms with Crippen molar-refractivity contribution in [2.24, 2.45) is 0 Å². The van der Waals surface area contributed by atoms with Gasteiger partial charge < -0.3 is 24.3 Å². The van der Waals surface area contributed by atoms with Crippen LogP contribution in [0, 0.1) is 5.82 Å². The average Bonchev–Trinajstić information content (AvgIpc) is 3.33. The minimum atomic E-state index is -1.16. The van der Waals surface area contributed by atoms with E-state index in [2.05, 4.69) is 15.3 Å². The summed E-state index contributed by atoms with van der Waals surface area (Å²) in [6, 6.07) is 7.70. The maximum absolute atomic E-state index is 14.2. The summed E-state index contributed by atoms with van der Waals surface area (Å²) in [5, 5.41) is 3.85. The Bertz CT molecular complexity index is 1140. The Morgan fingerprint density at radius 1 is 1.10 bits per heavy atom. The van der Waals surface area contributed by atoms with Crippen LogP contribution >= 0.6 is 11.6 Å². The van der Waals surface area contributed by atoms with E-state index in [-0.39, 0.29) is 18.9 Å². The number of hydrogen-bond donors (Lipinski definition) is 1. The molecule has 31 heavy (non-hydrogen) atoms. The van der Waals surface area contributed by atoms with Crippen LogP contribution in [0.15, 0.2) is 36.7 Å². The van der Waals surface area contributed by atoms with Crippen LogP contribution in [0.1, 0.15) is 0 Å². The van der Waals surface area contributed by atoms with Gasteiger partial charge >= 0.3 is 0 Å². The molecule has 3 heterocycles. The molecule has 0 saturated carbocycles. The number of nitrogens with one attached hydrogen (secondary N) is 1. The Balaban J connectivity index is 1.46. The van der Waals surface area contributed by atoms with E-state index in [9.17, 15) is 8.78 Å². The third kappa shape index (κ3) is 3.73. The number of fused-ring (bicyclic) bond motifs is 2. The summed E-state index contributed by atoms with van der Waals surface area (Å²) >= 11 is 5.82. The Morgan fingerprint density at radius 2 is 1.94 bits per heavy atom. The van der Waals surface area contributed by atoms with Crippen molar-refractivity contribution in [2.45, 2.75) is 24.5 Å². The molecule has 2 aliphatic rings. The lowest BCUT2D eigenvalue weighted by molar-refractivity contribution is 0.0271. The molecule has 2 aliphatic heterocycles. The van der Waals surface area contributed by atoms with Crippen LogP contribution in [0.3, 0.4) is 0 Å². The second-order valence-corrected chi connectivity index (χ2v) is 7.70. The fraction of sp³-hybridized carbons (Fsp3) is 0.333. The summed E-state index contributed by atoms with van der Waals surface area (Å²) in [6.45, 7) is 0.205. The smallest absolute Gasteiger partial charge is 0.164 e. The SMILES string of the molecule is COc1cc2c(Nc3ccc(Cl)cc3F)ncnc2cc1OC1CO[C@H]2[C@H](F)CO[C@@H]12. The number of ether oxygens (including phenoxy) is 4. The molecule has 2 aromatic carbocycles. The van der Waals surface area contributed by atoms with E-state index in [1.165, 1.54) is 25.6 Å². The molecule has 1 unspecified atom stereocenters. The van der Waals surface area contributed by atoms with Crippen molar-refractivity contribution in [2.75, 3.05) is 25.6 Å². The minimum absolute atomic E-state index is 0.00639. The quantitative estimate of drug-likeness (QED) is 0.629. The summed E-state index contributed by atoms with van der Waals surface area (Å²) in [6.07, 6.45) is -1.38. The lowest BCUT2D eigenvalue weighted by Crippen LogP contribution is -2.33. The zero-order chi connectivity index (χ0) is 21.5. The summed E-state index contributed by atoms with van der Waals surface area (Å²) in [5.74, 6) is 0.710. The van der Waals surface area contributed by atoms with E-state index in [4.69, 9.17) is 30.5 Å². The molecule has 2 saturated heterocycles. The average molecular weight is 450 g/mol. The van der Waals surface area contributed by atoms with Crippen LogP contribution < -0.4 is 14.8 Å². The van der Waals surface area contributed by atoms with Crippen molar-refractivity contribution in [1.82, 2.24) is 9.97 Å². The maximum Gasteiger partial charge on any atom is 0.164 e. The number of nitrogens with zero attached hydrogens (tertiary/aromatic N) is 2. The van der Waals surface area contributed by atoms with Gasteiger partial charge in [0.15, 0.2) is 23.8 Å². The molecule has 1 N–H and O–H groups in total. The maximum atomic E-state index is 14.2. The third-order valence-electron chi connectivity index (χ3n) is 5.33. The predicted octanol–water partition coefficient (Wildman–Crippen LogP) is 4.06. The number of rotatable bonds is 5. The van der Waals surface area contributed by atoms with Crippen molar-refractivity contribution >= 4 is 34.0 Å². The summed E-state index contributed by atoms with van der Waals surface area (Å²) in [5.41, 5.74) is 0.769. The first-order chi connectivity index (χ1) is 15.0. The zero-order valence-electron chi connectivity index (χ0n) is 16.3. The van der Waals surface area contributed by atoms with E-state index >= 15 is 0 Å². The molecule has 4 atom stereocenters. The van der Waals surface area contributed by atoms with Gasteiger partial charge in [-0.25, -0.2) is 18.7 Å². The van der Waals surface area contributed by atoms with Gasteiger partial charge in [0, 0.05) is 16.5 Å². The number of anilines is 2. The number of methoxy groups -OCH3 is 1. The van der Waals surface area contributed by atoms with Crippen molar-refractivity contribution in [3.05, 3.63) is 47.5 Å². The summed E-state index contributed by atoms with van der Waals surface area (Å²) in [7, 11) is 1.50. The largest absolute Gasteiger partial charge is 0.493 e. The second-order valence-electron chi connectivity index (χ2n) is 7.26. The van der Waals surface area contributed by atoms with Gasteiger partial charge in [0.05, 0.1) is 31.5 Å². The van der Waals surface area contributed by atoms with Gasteiger partial charge in [0.1, 0.15) is 30.2 Å². The van der Waals surface area contributed by atoms with Crippen molar-refractivity contribution in [3.8, 4) is 11.5 Å². The minimum Gasteiger partial charge on any atom is -0.493 e. The van der Waals surface area contributed by atoms with Gasteiger partial charge in [0.2, 0.25) is 0 Å². The van der Waals surface area contributed by atoms with Crippen molar-refractivity contribution < 1.29 is 27.7 Å². The van der Waals surface area contributed by atoms with Crippen LogP contribution in [0.5, 0.6) is 11.5 Å². The van der Waals surface area contributed by atoms with Crippen LogP contribution in [0.2, 0.25) is 5.02 Å². The van der Waals surface area contributed by atoms with E-state index in [0.29, 0.717) is 33.2 Å². The highest BCUT2D eigenvalue weighted by molar-refractivity contribution is 6.30. The molecule has 10 heteroatoms. The number of halogens is 3.